The summed E-state index contributed by atoms with van der Waals surface area (Å²) in [5.74, 6) is 5.55. The van der Waals surface area contributed by atoms with E-state index in [0.717, 1.165) is 11.3 Å². The number of amides is 2. The summed E-state index contributed by atoms with van der Waals surface area (Å²) in [4.78, 5) is 38.8. The average molecular weight is 419 g/mol. The van der Waals surface area contributed by atoms with Gasteiger partial charge in [-0.25, -0.2) is 0 Å². The van der Waals surface area contributed by atoms with Crippen LogP contribution >= 0.6 is 0 Å². The van der Waals surface area contributed by atoms with Crippen LogP contribution in [0.15, 0.2) is 60.7 Å². The van der Waals surface area contributed by atoms with E-state index in [2.05, 4.69) is 23.7 Å². The lowest BCUT2D eigenvalue weighted by molar-refractivity contribution is -0.129. The highest BCUT2D eigenvalue weighted by Gasteiger charge is 2.22. The summed E-state index contributed by atoms with van der Waals surface area (Å²) in [5.41, 5.74) is 2.13. The molecule has 0 fully saturated rings. The van der Waals surface area contributed by atoms with E-state index in [1.165, 1.54) is 6.92 Å². The average Bonchev–Trinajstić information content (AvgIpc) is 2.72. The van der Waals surface area contributed by atoms with Crippen LogP contribution in [0.3, 0.4) is 0 Å². The van der Waals surface area contributed by atoms with E-state index in [0.29, 0.717) is 18.5 Å². The Hall–Kier alpha value is -3.39. The summed E-state index contributed by atoms with van der Waals surface area (Å²) < 4.78 is 0. The molecule has 0 radical (unpaired) electrons. The SMILES string of the molecule is C=C1C#Cc2ccccc2N(C(=O)CCC(=O)NC(C(C)=O)C(C)C)CC/C=C\C=C/1. The fourth-order valence-electron chi connectivity index (χ4n) is 3.27. The quantitative estimate of drug-likeness (QED) is 0.712. The smallest absolute Gasteiger partial charge is 0.227 e. The number of Topliss-reactive ketones (excluding diaryl/α,β-unsaturated/α-hetero) is 1. The molecule has 31 heavy (non-hydrogen) atoms. The van der Waals surface area contributed by atoms with Gasteiger partial charge in [-0.05, 0) is 37.5 Å². The molecule has 162 valence electrons. The minimum absolute atomic E-state index is 0.00625. The topological polar surface area (TPSA) is 66.5 Å². The standard InChI is InChI=1S/C26H30N2O3/c1-19(2)26(21(4)29)27-24(30)16-17-25(31)28-18-10-6-5-7-11-20(3)14-15-22-12-8-9-13-23(22)28/h5-9,11-13,19,26H,3,10,16-18H2,1-2,4H3,(H,27,30)/b6-5-,11-7-. The summed E-state index contributed by atoms with van der Waals surface area (Å²) in [6.45, 7) is 9.62. The molecule has 0 aliphatic carbocycles. The van der Waals surface area contributed by atoms with Gasteiger partial charge in [-0.15, -0.1) is 0 Å². The summed E-state index contributed by atoms with van der Waals surface area (Å²) in [6, 6.07) is 6.94. The Kier molecular flexibility index (Phi) is 9.02. The summed E-state index contributed by atoms with van der Waals surface area (Å²) in [5, 5.41) is 2.74. The van der Waals surface area contributed by atoms with Crippen molar-refractivity contribution in [2.24, 2.45) is 5.92 Å². The fraction of sp³-hybridized carbons (Fsp3) is 0.346. The first kappa shape index (κ1) is 23.9. The van der Waals surface area contributed by atoms with Gasteiger partial charge >= 0.3 is 0 Å². The Balaban J connectivity index is 2.18. The number of nitrogens with one attached hydrogen (secondary N) is 1. The van der Waals surface area contributed by atoms with Gasteiger partial charge in [0, 0.05) is 30.5 Å². The molecule has 1 aliphatic rings. The largest absolute Gasteiger partial charge is 0.346 e. The van der Waals surface area contributed by atoms with Crippen molar-refractivity contribution in [3.63, 3.8) is 0 Å². The van der Waals surface area contributed by atoms with E-state index in [1.54, 1.807) is 4.90 Å². The number of allylic oxidation sites excluding steroid dienone is 4. The molecule has 1 aromatic rings. The van der Waals surface area contributed by atoms with E-state index < -0.39 is 6.04 Å². The van der Waals surface area contributed by atoms with Crippen molar-refractivity contribution in [1.29, 1.82) is 0 Å². The number of para-hydroxylation sites is 1. The maximum Gasteiger partial charge on any atom is 0.227 e. The van der Waals surface area contributed by atoms with Gasteiger partial charge in [0.15, 0.2) is 5.78 Å². The second-order valence-electron chi connectivity index (χ2n) is 7.81. The van der Waals surface area contributed by atoms with Crippen LogP contribution in [-0.4, -0.2) is 30.2 Å². The molecule has 0 aromatic heterocycles. The van der Waals surface area contributed by atoms with E-state index in [-0.39, 0.29) is 36.4 Å². The second kappa shape index (κ2) is 11.7. The summed E-state index contributed by atoms with van der Waals surface area (Å²) in [7, 11) is 0. The first-order valence-corrected chi connectivity index (χ1v) is 10.5. The molecule has 0 saturated heterocycles. The lowest BCUT2D eigenvalue weighted by Gasteiger charge is -2.24. The molecule has 1 heterocycles. The number of carbonyl (C=O) groups excluding carboxylic acids is 3. The third-order valence-electron chi connectivity index (χ3n) is 4.90. The van der Waals surface area contributed by atoms with Gasteiger partial charge in [-0.3, -0.25) is 14.4 Å². The number of hydrogen-bond donors (Lipinski definition) is 1. The highest BCUT2D eigenvalue weighted by molar-refractivity contribution is 5.97. The van der Waals surface area contributed by atoms with Gasteiger partial charge in [-0.2, -0.15) is 0 Å². The third-order valence-corrected chi connectivity index (χ3v) is 4.90. The first-order valence-electron chi connectivity index (χ1n) is 10.5. The normalized spacial score (nSPS) is 16.6. The van der Waals surface area contributed by atoms with Crippen LogP contribution in [0.25, 0.3) is 0 Å². The van der Waals surface area contributed by atoms with Gasteiger partial charge in [0.1, 0.15) is 0 Å². The predicted octanol–water partition coefficient (Wildman–Crippen LogP) is 3.95. The number of ketones is 1. The molecule has 1 unspecified atom stereocenters. The van der Waals surface area contributed by atoms with Gasteiger partial charge < -0.3 is 10.2 Å². The number of fused-ring (bicyclic) bond motifs is 1. The Morgan fingerprint density at radius 1 is 1.13 bits per heavy atom. The molecular weight excluding hydrogens is 388 g/mol. The van der Waals surface area contributed by atoms with E-state index in [9.17, 15) is 14.4 Å². The highest BCUT2D eigenvalue weighted by atomic mass is 16.2. The zero-order chi connectivity index (χ0) is 22.8. The number of carbonyl (C=O) groups is 3. The maximum absolute atomic E-state index is 13.1. The molecule has 0 spiro atoms. The minimum atomic E-state index is -0.536. The Bertz CT molecular complexity index is 960. The van der Waals surface area contributed by atoms with Crippen LogP contribution < -0.4 is 10.2 Å². The van der Waals surface area contributed by atoms with Crippen LogP contribution in [-0.2, 0) is 14.4 Å². The third kappa shape index (κ3) is 7.42. The predicted molar refractivity (Wildman–Crippen MR) is 124 cm³/mol. The zero-order valence-electron chi connectivity index (χ0n) is 18.5. The van der Waals surface area contributed by atoms with Crippen molar-refractivity contribution >= 4 is 23.3 Å². The Morgan fingerprint density at radius 3 is 2.58 bits per heavy atom. The number of rotatable bonds is 6. The second-order valence-corrected chi connectivity index (χ2v) is 7.81. The van der Waals surface area contributed by atoms with E-state index in [1.807, 2.05) is 62.4 Å². The van der Waals surface area contributed by atoms with Crippen LogP contribution in [0, 0.1) is 17.8 Å². The summed E-state index contributed by atoms with van der Waals surface area (Å²) in [6.07, 6.45) is 8.35. The zero-order valence-corrected chi connectivity index (χ0v) is 18.5. The maximum atomic E-state index is 13.1. The number of hydrogen-bond acceptors (Lipinski definition) is 3. The minimum Gasteiger partial charge on any atom is -0.346 e. The molecule has 5 heteroatoms. The van der Waals surface area contributed by atoms with Crippen molar-refractivity contribution in [2.45, 2.75) is 46.1 Å². The summed E-state index contributed by atoms with van der Waals surface area (Å²) >= 11 is 0. The van der Waals surface area contributed by atoms with E-state index in [4.69, 9.17) is 0 Å². The number of benzene rings is 1. The van der Waals surface area contributed by atoms with E-state index >= 15 is 0 Å². The molecule has 1 N–H and O–H groups in total. The van der Waals surface area contributed by atoms with Crippen molar-refractivity contribution in [3.8, 4) is 11.8 Å². The Labute approximate surface area is 184 Å². The van der Waals surface area contributed by atoms with Crippen molar-refractivity contribution in [2.75, 3.05) is 11.4 Å². The van der Waals surface area contributed by atoms with Crippen LogP contribution in [0.5, 0.6) is 0 Å². The molecular formula is C26H30N2O3. The van der Waals surface area contributed by atoms with Crippen LogP contribution in [0.1, 0.15) is 45.6 Å². The number of anilines is 1. The fourth-order valence-corrected chi connectivity index (χ4v) is 3.27. The van der Waals surface area contributed by atoms with Crippen molar-refractivity contribution < 1.29 is 14.4 Å². The molecule has 1 aromatic carbocycles. The molecule has 2 rings (SSSR count). The highest BCUT2D eigenvalue weighted by Crippen LogP contribution is 2.22. The molecule has 1 aliphatic heterocycles. The van der Waals surface area contributed by atoms with Gasteiger partial charge in [0.25, 0.3) is 0 Å². The van der Waals surface area contributed by atoms with Gasteiger partial charge in [-0.1, -0.05) is 62.6 Å². The lowest BCUT2D eigenvalue weighted by atomic mass is 10.0. The van der Waals surface area contributed by atoms with Crippen molar-refractivity contribution in [3.05, 3.63) is 66.3 Å². The number of nitrogens with zero attached hydrogens (tertiary/aromatic N) is 1. The first-order chi connectivity index (χ1) is 14.8. The monoisotopic (exact) mass is 418 g/mol. The van der Waals surface area contributed by atoms with Gasteiger partial charge in [0.05, 0.1) is 11.7 Å². The molecule has 0 saturated carbocycles. The van der Waals surface area contributed by atoms with Crippen LogP contribution in [0.4, 0.5) is 5.69 Å². The van der Waals surface area contributed by atoms with Crippen molar-refractivity contribution in [1.82, 2.24) is 5.32 Å². The van der Waals surface area contributed by atoms with Crippen LogP contribution in [0.2, 0.25) is 0 Å². The molecule has 0 bridgehead atoms. The van der Waals surface area contributed by atoms with Gasteiger partial charge in [0.2, 0.25) is 11.8 Å². The lowest BCUT2D eigenvalue weighted by Crippen LogP contribution is -2.43. The molecule has 5 nitrogen and oxygen atoms in total. The Morgan fingerprint density at radius 2 is 1.87 bits per heavy atom. The molecule has 2 amide bonds. The molecule has 1 atom stereocenters.